The molecule has 8 heteroatoms. The molecule has 1 heterocycles. The minimum Gasteiger partial charge on any atom is -0.467 e. The van der Waals surface area contributed by atoms with Gasteiger partial charge in [-0.1, -0.05) is 20.3 Å². The van der Waals surface area contributed by atoms with E-state index >= 15 is 0 Å². The topological polar surface area (TPSA) is 105 Å². The van der Waals surface area contributed by atoms with Gasteiger partial charge in [0.05, 0.1) is 19.8 Å². The number of rotatable bonds is 5. The number of nitrogens with one attached hydrogen (secondary N) is 1. The fourth-order valence-electron chi connectivity index (χ4n) is 2.63. The van der Waals surface area contributed by atoms with Crippen LogP contribution < -0.4 is 5.32 Å². The first-order valence-corrected chi connectivity index (χ1v) is 8.56. The lowest BCUT2D eigenvalue weighted by molar-refractivity contribution is -0.147. The minimum absolute atomic E-state index is 0.0131. The summed E-state index contributed by atoms with van der Waals surface area (Å²) in [4.78, 5) is 38.1. The molecule has 0 radical (unpaired) electrons. The summed E-state index contributed by atoms with van der Waals surface area (Å²) >= 11 is 0. The second kappa shape index (κ2) is 8.51. The van der Waals surface area contributed by atoms with Crippen LogP contribution in [0, 0.1) is 5.92 Å². The normalized spacial score (nSPS) is 22.9. The molecule has 1 unspecified atom stereocenters. The molecular formula is C17H30N2O6. The maximum Gasteiger partial charge on any atom is 0.411 e. The summed E-state index contributed by atoms with van der Waals surface area (Å²) in [7, 11) is 1.26. The standard InChI is InChI=1S/C17H30N2O6/c1-7-10(2)13(15(22)24-6)18-14(21)12-8-11(20)9-19(12)16(23)25-17(3,4)5/h10-13,20H,7-9H2,1-6H3,(H,18,21)/t10-,11?,12-,13-/m0/s1. The molecule has 0 aliphatic carbocycles. The van der Waals surface area contributed by atoms with Gasteiger partial charge in [-0.15, -0.1) is 0 Å². The minimum atomic E-state index is -0.888. The molecule has 0 aromatic rings. The van der Waals surface area contributed by atoms with Gasteiger partial charge < -0.3 is 19.9 Å². The molecular weight excluding hydrogens is 328 g/mol. The van der Waals surface area contributed by atoms with Crippen molar-refractivity contribution in [3.8, 4) is 0 Å². The van der Waals surface area contributed by atoms with Crippen molar-refractivity contribution in [3.63, 3.8) is 0 Å². The average molecular weight is 358 g/mol. The highest BCUT2D eigenvalue weighted by Crippen LogP contribution is 2.22. The number of carbonyl (C=O) groups is 3. The maximum absolute atomic E-state index is 12.6. The van der Waals surface area contributed by atoms with Crippen molar-refractivity contribution in [2.75, 3.05) is 13.7 Å². The summed E-state index contributed by atoms with van der Waals surface area (Å²) in [5.74, 6) is -1.17. The Hall–Kier alpha value is -1.83. The monoisotopic (exact) mass is 358 g/mol. The lowest BCUT2D eigenvalue weighted by Gasteiger charge is -2.29. The Morgan fingerprint density at radius 3 is 2.40 bits per heavy atom. The Balaban J connectivity index is 2.89. The molecule has 0 aromatic heterocycles. The van der Waals surface area contributed by atoms with Gasteiger partial charge >= 0.3 is 12.1 Å². The number of β-amino-alcohol motifs (C(OH)–C–C–N with tert-alkyl or cyclic N) is 1. The van der Waals surface area contributed by atoms with E-state index in [1.165, 1.54) is 12.0 Å². The number of nitrogens with zero attached hydrogens (tertiary/aromatic N) is 1. The van der Waals surface area contributed by atoms with Crippen LogP contribution in [0.3, 0.4) is 0 Å². The smallest absolute Gasteiger partial charge is 0.411 e. The van der Waals surface area contributed by atoms with Gasteiger partial charge in [0.2, 0.25) is 5.91 Å². The van der Waals surface area contributed by atoms with E-state index in [2.05, 4.69) is 5.32 Å². The van der Waals surface area contributed by atoms with Gasteiger partial charge in [0, 0.05) is 6.42 Å². The van der Waals surface area contributed by atoms with Gasteiger partial charge in [-0.2, -0.15) is 0 Å². The van der Waals surface area contributed by atoms with Crippen LogP contribution in [0.2, 0.25) is 0 Å². The van der Waals surface area contributed by atoms with Crippen LogP contribution in [0.1, 0.15) is 47.5 Å². The zero-order valence-corrected chi connectivity index (χ0v) is 15.9. The van der Waals surface area contributed by atoms with E-state index in [1.54, 1.807) is 20.8 Å². The largest absolute Gasteiger partial charge is 0.467 e. The van der Waals surface area contributed by atoms with Crippen LogP contribution in [-0.2, 0) is 19.1 Å². The summed E-state index contributed by atoms with van der Waals surface area (Å²) in [6, 6.07) is -1.69. The number of methoxy groups -OCH3 is 1. The second-order valence-electron chi connectivity index (χ2n) is 7.43. The van der Waals surface area contributed by atoms with Crippen molar-refractivity contribution in [1.29, 1.82) is 0 Å². The lowest BCUT2D eigenvalue weighted by atomic mass is 9.98. The van der Waals surface area contributed by atoms with Crippen LogP contribution in [0.15, 0.2) is 0 Å². The molecule has 0 spiro atoms. The Kier molecular flexibility index (Phi) is 7.22. The molecule has 1 aliphatic heterocycles. The number of hydrogen-bond acceptors (Lipinski definition) is 6. The van der Waals surface area contributed by atoms with E-state index in [0.717, 1.165) is 0 Å². The van der Waals surface area contributed by atoms with Crippen molar-refractivity contribution in [2.45, 2.75) is 71.2 Å². The summed E-state index contributed by atoms with van der Waals surface area (Å²) in [6.45, 7) is 8.92. The summed E-state index contributed by atoms with van der Waals surface area (Å²) in [5.41, 5.74) is -0.711. The molecule has 0 bridgehead atoms. The lowest BCUT2D eigenvalue weighted by Crippen LogP contribution is -2.53. The predicted molar refractivity (Wildman–Crippen MR) is 90.8 cm³/mol. The molecule has 4 atom stereocenters. The van der Waals surface area contributed by atoms with E-state index in [1.807, 2.05) is 13.8 Å². The van der Waals surface area contributed by atoms with Gasteiger partial charge in [-0.3, -0.25) is 9.69 Å². The van der Waals surface area contributed by atoms with Crippen LogP contribution in [0.4, 0.5) is 4.79 Å². The molecule has 0 aromatic carbocycles. The molecule has 0 saturated carbocycles. The van der Waals surface area contributed by atoms with E-state index in [0.29, 0.717) is 6.42 Å². The Morgan fingerprint density at radius 2 is 1.92 bits per heavy atom. The van der Waals surface area contributed by atoms with Crippen molar-refractivity contribution >= 4 is 18.0 Å². The first-order chi connectivity index (χ1) is 11.5. The molecule has 25 heavy (non-hydrogen) atoms. The molecule has 1 rings (SSSR count). The number of likely N-dealkylation sites (tertiary alicyclic amines) is 1. The zero-order valence-electron chi connectivity index (χ0n) is 15.9. The maximum atomic E-state index is 12.6. The Bertz CT molecular complexity index is 502. The SMILES string of the molecule is CC[C@H](C)[C@H](NC(=O)[C@@H]1CC(O)CN1C(=O)OC(C)(C)C)C(=O)OC. The fourth-order valence-corrected chi connectivity index (χ4v) is 2.63. The number of amides is 2. The third-order valence-electron chi connectivity index (χ3n) is 4.18. The van der Waals surface area contributed by atoms with Crippen LogP contribution in [0.5, 0.6) is 0 Å². The van der Waals surface area contributed by atoms with Gasteiger partial charge in [-0.25, -0.2) is 9.59 Å². The van der Waals surface area contributed by atoms with Crippen molar-refractivity contribution in [1.82, 2.24) is 10.2 Å². The van der Waals surface area contributed by atoms with E-state index in [-0.39, 0.29) is 18.9 Å². The third-order valence-corrected chi connectivity index (χ3v) is 4.18. The highest BCUT2D eigenvalue weighted by molar-refractivity contribution is 5.90. The first kappa shape index (κ1) is 21.2. The van der Waals surface area contributed by atoms with Gasteiger partial charge in [0.1, 0.15) is 17.7 Å². The predicted octanol–water partition coefficient (Wildman–Crippen LogP) is 1.06. The van der Waals surface area contributed by atoms with Gasteiger partial charge in [0.15, 0.2) is 0 Å². The molecule has 1 saturated heterocycles. The molecule has 8 nitrogen and oxygen atoms in total. The number of ether oxygens (including phenoxy) is 2. The quantitative estimate of drug-likeness (QED) is 0.712. The highest BCUT2D eigenvalue weighted by Gasteiger charge is 2.42. The van der Waals surface area contributed by atoms with Gasteiger partial charge in [-0.05, 0) is 26.7 Å². The van der Waals surface area contributed by atoms with E-state index in [4.69, 9.17) is 9.47 Å². The number of aliphatic hydroxyl groups is 1. The van der Waals surface area contributed by atoms with Crippen molar-refractivity contribution < 1.29 is 29.0 Å². The molecule has 2 N–H and O–H groups in total. The Labute approximate surface area is 148 Å². The number of aliphatic hydroxyl groups excluding tert-OH is 1. The van der Waals surface area contributed by atoms with Crippen molar-refractivity contribution in [2.24, 2.45) is 5.92 Å². The summed E-state index contributed by atoms with van der Waals surface area (Å²) in [6.07, 6.45) is -0.714. The number of hydrogen-bond donors (Lipinski definition) is 2. The second-order valence-corrected chi connectivity index (χ2v) is 7.43. The molecule has 2 amide bonds. The Morgan fingerprint density at radius 1 is 1.32 bits per heavy atom. The van der Waals surface area contributed by atoms with Crippen LogP contribution in [0.25, 0.3) is 0 Å². The highest BCUT2D eigenvalue weighted by atomic mass is 16.6. The summed E-state index contributed by atoms with van der Waals surface area (Å²) < 4.78 is 10.0. The number of esters is 1. The zero-order chi connectivity index (χ0) is 19.4. The average Bonchev–Trinajstić information content (AvgIpc) is 2.91. The number of carbonyl (C=O) groups excluding carboxylic acids is 3. The van der Waals surface area contributed by atoms with Gasteiger partial charge in [0.25, 0.3) is 0 Å². The summed E-state index contributed by atoms with van der Waals surface area (Å²) in [5, 5.41) is 12.5. The first-order valence-electron chi connectivity index (χ1n) is 8.56. The van der Waals surface area contributed by atoms with Crippen molar-refractivity contribution in [3.05, 3.63) is 0 Å². The van der Waals surface area contributed by atoms with Crippen LogP contribution >= 0.6 is 0 Å². The molecule has 1 fully saturated rings. The molecule has 144 valence electrons. The van der Waals surface area contributed by atoms with Crippen LogP contribution in [-0.4, -0.2) is 65.4 Å². The van der Waals surface area contributed by atoms with E-state index < -0.39 is 41.8 Å². The third kappa shape index (κ3) is 5.88. The molecule has 1 aliphatic rings. The van der Waals surface area contributed by atoms with E-state index in [9.17, 15) is 19.5 Å². The fraction of sp³-hybridized carbons (Fsp3) is 0.824.